The fourth-order valence-electron chi connectivity index (χ4n) is 1.70. The fraction of sp³-hybridized carbons (Fsp3) is 0.643. The smallest absolute Gasteiger partial charge is 0.303 e. The van der Waals surface area contributed by atoms with Crippen molar-refractivity contribution in [1.29, 1.82) is 0 Å². The van der Waals surface area contributed by atoms with E-state index in [0.717, 1.165) is 19.3 Å². The van der Waals surface area contributed by atoms with E-state index >= 15 is 0 Å². The molecule has 0 aliphatic rings. The van der Waals surface area contributed by atoms with Gasteiger partial charge in [0.1, 0.15) is 0 Å². The summed E-state index contributed by atoms with van der Waals surface area (Å²) in [5.74, 6) is -0.361. The minimum atomic E-state index is -0.679. The number of allylic oxidation sites excluding steroid dienone is 3. The molecule has 0 spiro atoms. The molecule has 0 aromatic carbocycles. The molecule has 2 heteroatoms. The minimum absolute atomic E-state index is 0.308. The normalized spacial score (nSPS) is 12.8. The Morgan fingerprint density at radius 3 is 2.62 bits per heavy atom. The quantitative estimate of drug-likeness (QED) is 0.446. The maximum absolute atomic E-state index is 10.4. The van der Waals surface area contributed by atoms with E-state index in [9.17, 15) is 4.79 Å². The monoisotopic (exact) mass is 224 g/mol. The van der Waals surface area contributed by atoms with Crippen molar-refractivity contribution in [1.82, 2.24) is 0 Å². The van der Waals surface area contributed by atoms with Crippen LogP contribution in [-0.4, -0.2) is 11.1 Å². The van der Waals surface area contributed by atoms with Crippen LogP contribution < -0.4 is 0 Å². The lowest BCUT2D eigenvalue weighted by molar-refractivity contribution is -0.138. The second-order valence-electron chi connectivity index (χ2n) is 4.36. The van der Waals surface area contributed by atoms with E-state index in [1.165, 1.54) is 19.3 Å². The second-order valence-corrected chi connectivity index (χ2v) is 4.36. The third kappa shape index (κ3) is 11.0. The molecule has 92 valence electrons. The predicted molar refractivity (Wildman–Crippen MR) is 68.5 cm³/mol. The average molecular weight is 224 g/mol. The molecule has 16 heavy (non-hydrogen) atoms. The lowest BCUT2D eigenvalue weighted by Gasteiger charge is -2.07. The number of carboxylic acid groups (broad SMARTS) is 1. The Bertz CT molecular complexity index is 219. The van der Waals surface area contributed by atoms with Crippen LogP contribution in [0, 0.1) is 5.92 Å². The summed E-state index contributed by atoms with van der Waals surface area (Å²) in [5, 5.41) is 8.59. The van der Waals surface area contributed by atoms with Gasteiger partial charge in [0.25, 0.3) is 0 Å². The molecule has 0 aliphatic carbocycles. The van der Waals surface area contributed by atoms with E-state index < -0.39 is 5.97 Å². The van der Waals surface area contributed by atoms with E-state index in [0.29, 0.717) is 12.3 Å². The molecule has 1 atom stereocenters. The van der Waals surface area contributed by atoms with Gasteiger partial charge in [0.05, 0.1) is 0 Å². The summed E-state index contributed by atoms with van der Waals surface area (Å²) >= 11 is 0. The Balaban J connectivity index is 3.23. The lowest BCUT2D eigenvalue weighted by Crippen LogP contribution is -2.03. The Kier molecular flexibility index (Phi) is 9.78. The highest BCUT2D eigenvalue weighted by molar-refractivity contribution is 5.66. The molecule has 0 saturated carbocycles. The molecule has 0 aromatic rings. The summed E-state index contributed by atoms with van der Waals surface area (Å²) in [4.78, 5) is 10.4. The van der Waals surface area contributed by atoms with Gasteiger partial charge in [0, 0.05) is 6.42 Å². The first-order valence-corrected chi connectivity index (χ1v) is 6.16. The molecule has 0 aromatic heterocycles. The molecule has 0 fully saturated rings. The Morgan fingerprint density at radius 1 is 1.31 bits per heavy atom. The molecule has 1 unspecified atom stereocenters. The highest BCUT2D eigenvalue weighted by atomic mass is 16.4. The van der Waals surface area contributed by atoms with Gasteiger partial charge in [-0.15, -0.1) is 0 Å². The Labute approximate surface area is 99.1 Å². The first kappa shape index (κ1) is 14.9. The first-order valence-electron chi connectivity index (χ1n) is 6.16. The van der Waals surface area contributed by atoms with E-state index in [2.05, 4.69) is 12.7 Å². The highest BCUT2D eigenvalue weighted by Crippen LogP contribution is 2.14. The zero-order chi connectivity index (χ0) is 12.2. The van der Waals surface area contributed by atoms with Gasteiger partial charge in [-0.25, -0.2) is 0 Å². The number of carbonyl (C=O) groups is 1. The summed E-state index contributed by atoms with van der Waals surface area (Å²) in [7, 11) is 0. The van der Waals surface area contributed by atoms with Crippen LogP contribution in [0.1, 0.15) is 51.9 Å². The van der Waals surface area contributed by atoms with E-state index in [-0.39, 0.29) is 0 Å². The van der Waals surface area contributed by atoms with E-state index in [1.807, 2.05) is 13.0 Å². The molecule has 1 N–H and O–H groups in total. The predicted octanol–water partition coefficient (Wildman–Crippen LogP) is 4.18. The van der Waals surface area contributed by atoms with Crippen LogP contribution in [0.15, 0.2) is 24.8 Å². The molecule has 0 saturated heterocycles. The van der Waals surface area contributed by atoms with Crippen LogP contribution in [0.5, 0.6) is 0 Å². The molecule has 2 nitrogen and oxygen atoms in total. The summed E-state index contributed by atoms with van der Waals surface area (Å²) in [6.07, 6.45) is 13.2. The topological polar surface area (TPSA) is 37.3 Å². The molecule has 0 heterocycles. The number of aliphatic carboxylic acids is 1. The van der Waals surface area contributed by atoms with Crippen LogP contribution in [0.3, 0.4) is 0 Å². The SMILES string of the molecule is C=CC=CCCCCCCC(C)CC(=O)O. The zero-order valence-electron chi connectivity index (χ0n) is 10.3. The van der Waals surface area contributed by atoms with Gasteiger partial charge in [-0.1, -0.05) is 57.4 Å². The number of hydrogen-bond donors (Lipinski definition) is 1. The van der Waals surface area contributed by atoms with E-state index in [4.69, 9.17) is 5.11 Å². The van der Waals surface area contributed by atoms with Gasteiger partial charge in [-0.05, 0) is 18.8 Å². The first-order chi connectivity index (χ1) is 7.66. The maximum Gasteiger partial charge on any atom is 0.303 e. The molecule has 0 aliphatic heterocycles. The Morgan fingerprint density at radius 2 is 2.00 bits per heavy atom. The van der Waals surface area contributed by atoms with Crippen molar-refractivity contribution in [2.45, 2.75) is 51.9 Å². The number of hydrogen-bond acceptors (Lipinski definition) is 1. The third-order valence-electron chi connectivity index (χ3n) is 2.61. The van der Waals surface area contributed by atoms with Crippen LogP contribution in [0.2, 0.25) is 0 Å². The number of carboxylic acids is 1. The van der Waals surface area contributed by atoms with Gasteiger partial charge < -0.3 is 5.11 Å². The van der Waals surface area contributed by atoms with Gasteiger partial charge >= 0.3 is 5.97 Å². The minimum Gasteiger partial charge on any atom is -0.481 e. The maximum atomic E-state index is 10.4. The fourth-order valence-corrected chi connectivity index (χ4v) is 1.70. The van der Waals surface area contributed by atoms with E-state index in [1.54, 1.807) is 6.08 Å². The summed E-state index contributed by atoms with van der Waals surface area (Å²) in [6, 6.07) is 0. The number of rotatable bonds is 10. The summed E-state index contributed by atoms with van der Waals surface area (Å²) in [6.45, 7) is 5.63. The summed E-state index contributed by atoms with van der Waals surface area (Å²) < 4.78 is 0. The molecule has 0 rings (SSSR count). The molecule has 0 radical (unpaired) electrons. The lowest BCUT2D eigenvalue weighted by atomic mass is 9.99. The summed E-state index contributed by atoms with van der Waals surface area (Å²) in [5.41, 5.74) is 0. The van der Waals surface area contributed by atoms with Gasteiger partial charge in [-0.3, -0.25) is 4.79 Å². The average Bonchev–Trinajstić information content (AvgIpc) is 2.21. The Hall–Kier alpha value is -1.05. The van der Waals surface area contributed by atoms with Gasteiger partial charge in [0.2, 0.25) is 0 Å². The van der Waals surface area contributed by atoms with Crippen LogP contribution >= 0.6 is 0 Å². The standard InChI is InChI=1S/C14H24O2/c1-3-4-5-6-7-8-9-10-11-13(2)12-14(15)16/h3-5,13H,1,6-12H2,2H3,(H,15,16). The van der Waals surface area contributed by atoms with Crippen molar-refractivity contribution in [2.24, 2.45) is 5.92 Å². The number of unbranched alkanes of at least 4 members (excludes halogenated alkanes) is 4. The van der Waals surface area contributed by atoms with Crippen molar-refractivity contribution >= 4 is 5.97 Å². The highest BCUT2D eigenvalue weighted by Gasteiger charge is 2.06. The van der Waals surface area contributed by atoms with Crippen molar-refractivity contribution < 1.29 is 9.90 Å². The van der Waals surface area contributed by atoms with Gasteiger partial charge in [-0.2, -0.15) is 0 Å². The molecular weight excluding hydrogens is 200 g/mol. The molecular formula is C14H24O2. The van der Waals surface area contributed by atoms with Crippen molar-refractivity contribution in [2.75, 3.05) is 0 Å². The largest absolute Gasteiger partial charge is 0.481 e. The van der Waals surface area contributed by atoms with Gasteiger partial charge in [0.15, 0.2) is 0 Å². The van der Waals surface area contributed by atoms with Crippen molar-refractivity contribution in [3.63, 3.8) is 0 Å². The second kappa shape index (κ2) is 10.5. The van der Waals surface area contributed by atoms with Crippen LogP contribution in [-0.2, 0) is 4.79 Å². The third-order valence-corrected chi connectivity index (χ3v) is 2.61. The van der Waals surface area contributed by atoms with Crippen LogP contribution in [0.25, 0.3) is 0 Å². The zero-order valence-corrected chi connectivity index (χ0v) is 10.3. The molecule has 0 amide bonds. The van der Waals surface area contributed by atoms with Crippen LogP contribution in [0.4, 0.5) is 0 Å². The van der Waals surface area contributed by atoms with Crippen molar-refractivity contribution in [3.05, 3.63) is 24.8 Å². The van der Waals surface area contributed by atoms with Crippen molar-refractivity contribution in [3.8, 4) is 0 Å². The molecule has 0 bridgehead atoms.